The highest BCUT2D eigenvalue weighted by molar-refractivity contribution is 5.87. The number of rotatable bonds is 6. The van der Waals surface area contributed by atoms with Crippen LogP contribution in [-0.4, -0.2) is 32.4 Å². The maximum absolute atomic E-state index is 12.5. The van der Waals surface area contributed by atoms with E-state index in [1.165, 1.54) is 0 Å². The third-order valence-corrected chi connectivity index (χ3v) is 4.70. The maximum atomic E-state index is 12.5. The molecule has 0 spiro atoms. The number of carbonyl (C=O) groups excluding carboxylic acids is 1. The molecular formula is C20H24N4O3. The molecule has 2 aromatic carbocycles. The van der Waals surface area contributed by atoms with E-state index in [9.17, 15) is 4.79 Å². The number of hydrazone groups is 1. The van der Waals surface area contributed by atoms with Gasteiger partial charge in [0.25, 0.3) is 5.91 Å². The van der Waals surface area contributed by atoms with Gasteiger partial charge in [0.2, 0.25) is 0 Å². The normalized spacial score (nSPS) is 22.0. The fourth-order valence-electron chi connectivity index (χ4n) is 3.16. The van der Waals surface area contributed by atoms with Crippen molar-refractivity contribution in [3.05, 3.63) is 59.7 Å². The molecule has 142 valence electrons. The monoisotopic (exact) mass is 368 g/mol. The Hall–Kier alpha value is -2.90. The first-order valence-electron chi connectivity index (χ1n) is 8.75. The van der Waals surface area contributed by atoms with Crippen molar-refractivity contribution in [1.82, 2.24) is 16.3 Å². The van der Waals surface area contributed by atoms with E-state index in [1.807, 2.05) is 37.3 Å². The van der Waals surface area contributed by atoms with Crippen molar-refractivity contribution >= 4 is 12.1 Å². The highest BCUT2D eigenvalue weighted by atomic mass is 16.5. The van der Waals surface area contributed by atoms with Crippen molar-refractivity contribution in [2.75, 3.05) is 14.2 Å². The van der Waals surface area contributed by atoms with E-state index in [0.717, 1.165) is 5.56 Å². The highest BCUT2D eigenvalue weighted by Gasteiger charge is 2.37. The lowest BCUT2D eigenvalue weighted by Gasteiger charge is -2.17. The number of amides is 1. The second kappa shape index (κ2) is 8.66. The number of hydrogen-bond acceptors (Lipinski definition) is 6. The van der Waals surface area contributed by atoms with Crippen LogP contribution < -0.4 is 25.8 Å². The zero-order valence-electron chi connectivity index (χ0n) is 15.6. The third kappa shape index (κ3) is 4.27. The average Bonchev–Trinajstić information content (AvgIpc) is 3.10. The smallest absolute Gasteiger partial charge is 0.258 e. The third-order valence-electron chi connectivity index (χ3n) is 4.70. The van der Waals surface area contributed by atoms with Crippen LogP contribution in [0.1, 0.15) is 24.1 Å². The van der Waals surface area contributed by atoms with Gasteiger partial charge in [-0.2, -0.15) is 5.10 Å². The maximum Gasteiger partial charge on any atom is 0.258 e. The Labute approximate surface area is 158 Å². The zero-order valence-corrected chi connectivity index (χ0v) is 15.6. The largest absolute Gasteiger partial charge is 0.497 e. The summed E-state index contributed by atoms with van der Waals surface area (Å²) in [6.07, 6.45) is 1.54. The van der Waals surface area contributed by atoms with E-state index in [4.69, 9.17) is 9.47 Å². The molecule has 7 nitrogen and oxygen atoms in total. The summed E-state index contributed by atoms with van der Waals surface area (Å²) in [5.41, 5.74) is 10.7. The minimum atomic E-state index is -0.389. The molecular weight excluding hydrogens is 344 g/mol. The number of nitrogens with zero attached hydrogens (tertiary/aromatic N) is 1. The predicted octanol–water partition coefficient (Wildman–Crippen LogP) is 2.01. The Morgan fingerprint density at radius 3 is 2.59 bits per heavy atom. The van der Waals surface area contributed by atoms with Gasteiger partial charge in [-0.05, 0) is 23.8 Å². The molecule has 0 aromatic heterocycles. The topological polar surface area (TPSA) is 84.0 Å². The van der Waals surface area contributed by atoms with Crippen LogP contribution in [0.15, 0.2) is 53.6 Å². The molecule has 0 bridgehead atoms. The second-order valence-corrected chi connectivity index (χ2v) is 6.36. The Balaban J connectivity index is 1.64. The van der Waals surface area contributed by atoms with Crippen LogP contribution in [0.4, 0.5) is 0 Å². The standard InChI is InChI=1S/C20H24N4O3/c1-13-18(14-7-5-4-6-8-14)22-23-19(13)20(25)24-21-12-15-11-16(26-2)9-10-17(15)27-3/h4-13,18-19,22-23H,1-3H3,(H,24,25)/b21-12+. The van der Waals surface area contributed by atoms with Gasteiger partial charge in [0.05, 0.1) is 26.5 Å². The van der Waals surface area contributed by atoms with Gasteiger partial charge in [-0.3, -0.25) is 4.79 Å². The van der Waals surface area contributed by atoms with Crippen molar-refractivity contribution < 1.29 is 14.3 Å². The summed E-state index contributed by atoms with van der Waals surface area (Å²) >= 11 is 0. The van der Waals surface area contributed by atoms with E-state index >= 15 is 0 Å². The lowest BCUT2D eigenvalue weighted by molar-refractivity contribution is -0.123. The van der Waals surface area contributed by atoms with Gasteiger partial charge in [0.15, 0.2) is 0 Å². The number of hydrogen-bond donors (Lipinski definition) is 3. The molecule has 1 aliphatic heterocycles. The van der Waals surface area contributed by atoms with E-state index in [0.29, 0.717) is 17.1 Å². The van der Waals surface area contributed by atoms with Gasteiger partial charge in [-0.15, -0.1) is 0 Å². The Morgan fingerprint density at radius 2 is 1.89 bits per heavy atom. The summed E-state index contributed by atoms with van der Waals surface area (Å²) < 4.78 is 10.5. The van der Waals surface area contributed by atoms with E-state index in [-0.39, 0.29) is 23.9 Å². The van der Waals surface area contributed by atoms with Gasteiger partial charge >= 0.3 is 0 Å². The van der Waals surface area contributed by atoms with E-state index in [2.05, 4.69) is 21.4 Å². The number of carbonyl (C=O) groups is 1. The van der Waals surface area contributed by atoms with Gasteiger partial charge in [-0.25, -0.2) is 16.3 Å². The lowest BCUT2D eigenvalue weighted by Crippen LogP contribution is -2.43. The summed E-state index contributed by atoms with van der Waals surface area (Å²) in [7, 11) is 3.17. The summed E-state index contributed by atoms with van der Waals surface area (Å²) in [5.74, 6) is 1.19. The molecule has 1 fully saturated rings. The average molecular weight is 368 g/mol. The quantitative estimate of drug-likeness (QED) is 0.537. The fourth-order valence-corrected chi connectivity index (χ4v) is 3.16. The van der Waals surface area contributed by atoms with Gasteiger partial charge < -0.3 is 9.47 Å². The Bertz CT molecular complexity index is 810. The van der Waals surface area contributed by atoms with Crippen LogP contribution in [0.2, 0.25) is 0 Å². The van der Waals surface area contributed by atoms with Crippen LogP contribution in [0.25, 0.3) is 0 Å². The van der Waals surface area contributed by atoms with Gasteiger partial charge in [-0.1, -0.05) is 37.3 Å². The molecule has 2 aromatic rings. The molecule has 3 N–H and O–H groups in total. The van der Waals surface area contributed by atoms with E-state index < -0.39 is 0 Å². The lowest BCUT2D eigenvalue weighted by atomic mass is 9.91. The van der Waals surface area contributed by atoms with Crippen molar-refractivity contribution in [3.63, 3.8) is 0 Å². The summed E-state index contributed by atoms with van der Waals surface area (Å²) in [6.45, 7) is 2.03. The van der Waals surface area contributed by atoms with Crippen LogP contribution in [0, 0.1) is 5.92 Å². The molecule has 1 heterocycles. The molecule has 3 atom stereocenters. The first kappa shape index (κ1) is 18.9. The van der Waals surface area contributed by atoms with Crippen LogP contribution in [-0.2, 0) is 4.79 Å². The summed E-state index contributed by atoms with van der Waals surface area (Å²) in [6, 6.07) is 15.1. The van der Waals surface area contributed by atoms with Crippen molar-refractivity contribution in [2.24, 2.45) is 11.0 Å². The van der Waals surface area contributed by atoms with Crippen LogP contribution >= 0.6 is 0 Å². The van der Waals surface area contributed by atoms with Crippen molar-refractivity contribution in [2.45, 2.75) is 19.0 Å². The molecule has 0 aliphatic carbocycles. The van der Waals surface area contributed by atoms with Crippen LogP contribution in [0.3, 0.4) is 0 Å². The number of methoxy groups -OCH3 is 2. The Morgan fingerprint density at radius 1 is 1.11 bits per heavy atom. The molecule has 7 heteroatoms. The number of benzene rings is 2. The predicted molar refractivity (Wildman–Crippen MR) is 104 cm³/mol. The van der Waals surface area contributed by atoms with Gasteiger partial charge in [0.1, 0.15) is 17.5 Å². The minimum Gasteiger partial charge on any atom is -0.497 e. The van der Waals surface area contributed by atoms with Crippen molar-refractivity contribution in [1.29, 1.82) is 0 Å². The molecule has 1 amide bonds. The zero-order chi connectivity index (χ0) is 19.2. The number of nitrogens with one attached hydrogen (secondary N) is 3. The van der Waals surface area contributed by atoms with Crippen molar-refractivity contribution in [3.8, 4) is 11.5 Å². The number of ether oxygens (including phenoxy) is 2. The first-order valence-corrected chi connectivity index (χ1v) is 8.75. The summed E-state index contributed by atoms with van der Waals surface area (Å²) in [5, 5.41) is 4.07. The molecule has 1 aliphatic rings. The fraction of sp³-hybridized carbons (Fsp3) is 0.300. The molecule has 3 unspecified atom stereocenters. The highest BCUT2D eigenvalue weighted by Crippen LogP contribution is 2.28. The minimum absolute atomic E-state index is 0.0596. The molecule has 3 rings (SSSR count). The van der Waals surface area contributed by atoms with Gasteiger partial charge in [0, 0.05) is 11.5 Å². The van der Waals surface area contributed by atoms with E-state index in [1.54, 1.807) is 38.6 Å². The molecule has 0 radical (unpaired) electrons. The molecule has 0 saturated carbocycles. The number of hydrazine groups is 1. The molecule has 1 saturated heterocycles. The van der Waals surface area contributed by atoms with Crippen LogP contribution in [0.5, 0.6) is 11.5 Å². The second-order valence-electron chi connectivity index (χ2n) is 6.36. The summed E-state index contributed by atoms with van der Waals surface area (Å²) in [4.78, 5) is 12.5. The Kier molecular flexibility index (Phi) is 6.05. The first-order chi connectivity index (χ1) is 13.1. The SMILES string of the molecule is COc1ccc(OC)c(/C=N/NC(=O)C2NNC(c3ccccc3)C2C)c1. The molecule has 27 heavy (non-hydrogen) atoms.